The zero-order valence-electron chi connectivity index (χ0n) is 10.1. The third kappa shape index (κ3) is 2.83. The van der Waals surface area contributed by atoms with Crippen molar-refractivity contribution in [3.05, 3.63) is 22.4 Å². The maximum Gasteiger partial charge on any atom is 0.389 e. The second-order valence-electron chi connectivity index (χ2n) is 4.32. The molecule has 1 aromatic rings. The van der Waals surface area contributed by atoms with Gasteiger partial charge in [0, 0.05) is 25.7 Å². The Morgan fingerprint density at radius 1 is 1.72 bits per heavy atom. The minimum absolute atomic E-state index is 0.0422. The number of hydrogen-bond donors (Lipinski definition) is 1. The van der Waals surface area contributed by atoms with Gasteiger partial charge in [0.2, 0.25) is 5.91 Å². The monoisotopic (exact) mass is 253 g/mol. The maximum absolute atomic E-state index is 12.0. The summed E-state index contributed by atoms with van der Waals surface area (Å²) in [7, 11) is 0. The normalized spacial score (nSPS) is 19.8. The van der Waals surface area contributed by atoms with E-state index in [2.05, 4.69) is 10.4 Å². The second kappa shape index (κ2) is 5.13. The fraction of sp³-hybridized carbons (Fsp3) is 0.600. The van der Waals surface area contributed by atoms with Crippen LogP contribution in [0.5, 0.6) is 0 Å². The fourth-order valence-electron chi connectivity index (χ4n) is 1.93. The first kappa shape index (κ1) is 12.5. The highest BCUT2D eigenvalue weighted by Gasteiger charge is 2.22. The number of nitrogens with one attached hydrogen (secondary N) is 1. The van der Waals surface area contributed by atoms with Crippen LogP contribution in [0.15, 0.2) is 12.3 Å². The molecule has 8 nitrogen and oxygen atoms in total. The summed E-state index contributed by atoms with van der Waals surface area (Å²) in [5.41, 5.74) is 0. The predicted molar refractivity (Wildman–Crippen MR) is 62.9 cm³/mol. The molecule has 0 spiro atoms. The third-order valence-corrected chi connectivity index (χ3v) is 2.83. The molecule has 1 fully saturated rings. The maximum atomic E-state index is 12.0. The molecule has 98 valence electrons. The zero-order chi connectivity index (χ0) is 13.1. The van der Waals surface area contributed by atoms with Crippen molar-refractivity contribution in [2.45, 2.75) is 19.5 Å². The van der Waals surface area contributed by atoms with Crippen LogP contribution in [0, 0.1) is 10.1 Å². The van der Waals surface area contributed by atoms with Crippen LogP contribution in [0.3, 0.4) is 0 Å². The van der Waals surface area contributed by atoms with Crippen LogP contribution in [0.1, 0.15) is 6.92 Å². The average Bonchev–Trinajstić information content (AvgIpc) is 2.77. The number of nitro groups is 1. The number of carbonyl (C=O) groups excluding carboxylic acids is 1. The Kier molecular flexibility index (Phi) is 3.56. The van der Waals surface area contributed by atoms with Crippen molar-refractivity contribution >= 4 is 11.7 Å². The van der Waals surface area contributed by atoms with Gasteiger partial charge in [-0.1, -0.05) is 0 Å². The predicted octanol–water partition coefficient (Wildman–Crippen LogP) is -0.388. The number of nitrogens with zero attached hydrogens (tertiary/aromatic N) is 4. The SMILES string of the molecule is CC1CN(C(=O)Cn2ccc([N+](=O)[O-])n2)CCN1. The highest BCUT2D eigenvalue weighted by molar-refractivity contribution is 5.76. The lowest BCUT2D eigenvalue weighted by molar-refractivity contribution is -0.389. The van der Waals surface area contributed by atoms with E-state index in [-0.39, 0.29) is 24.3 Å². The minimum atomic E-state index is -0.576. The molecule has 2 rings (SSSR count). The molecule has 8 heteroatoms. The Labute approximate surface area is 104 Å². The molecule has 0 saturated carbocycles. The van der Waals surface area contributed by atoms with Gasteiger partial charge in [0.05, 0.1) is 17.4 Å². The molecule has 1 N–H and O–H groups in total. The Bertz CT molecular complexity index is 458. The van der Waals surface area contributed by atoms with E-state index < -0.39 is 4.92 Å². The largest absolute Gasteiger partial charge is 0.389 e. The number of rotatable bonds is 3. The molecule has 0 aromatic carbocycles. The Balaban J connectivity index is 1.95. The Morgan fingerprint density at radius 2 is 2.50 bits per heavy atom. The van der Waals surface area contributed by atoms with Crippen molar-refractivity contribution < 1.29 is 9.72 Å². The van der Waals surface area contributed by atoms with Crippen LogP contribution in [0.2, 0.25) is 0 Å². The molecule has 1 aliphatic heterocycles. The lowest BCUT2D eigenvalue weighted by Gasteiger charge is -2.31. The van der Waals surface area contributed by atoms with Crippen LogP contribution in [0.4, 0.5) is 5.82 Å². The van der Waals surface area contributed by atoms with Crippen molar-refractivity contribution in [3.8, 4) is 0 Å². The second-order valence-corrected chi connectivity index (χ2v) is 4.32. The third-order valence-electron chi connectivity index (χ3n) is 2.83. The molecule has 0 bridgehead atoms. The molecule has 1 saturated heterocycles. The van der Waals surface area contributed by atoms with Gasteiger partial charge in [0.1, 0.15) is 6.54 Å². The Hall–Kier alpha value is -1.96. The van der Waals surface area contributed by atoms with Gasteiger partial charge < -0.3 is 20.3 Å². The highest BCUT2D eigenvalue weighted by Crippen LogP contribution is 2.06. The number of aromatic nitrogens is 2. The summed E-state index contributed by atoms with van der Waals surface area (Å²) < 4.78 is 1.30. The molecule has 18 heavy (non-hydrogen) atoms. The first-order chi connectivity index (χ1) is 8.56. The number of amides is 1. The van der Waals surface area contributed by atoms with Crippen LogP contribution in [-0.2, 0) is 11.3 Å². The molecule has 1 unspecified atom stereocenters. The molecule has 0 radical (unpaired) electrons. The summed E-state index contributed by atoms with van der Waals surface area (Å²) >= 11 is 0. The van der Waals surface area contributed by atoms with Gasteiger partial charge in [0.25, 0.3) is 0 Å². The topological polar surface area (TPSA) is 93.3 Å². The molecule has 1 atom stereocenters. The van der Waals surface area contributed by atoms with E-state index >= 15 is 0 Å². The van der Waals surface area contributed by atoms with Crippen LogP contribution in [0.25, 0.3) is 0 Å². The van der Waals surface area contributed by atoms with Crippen molar-refractivity contribution in [1.82, 2.24) is 20.0 Å². The van der Waals surface area contributed by atoms with E-state index in [4.69, 9.17) is 0 Å². The van der Waals surface area contributed by atoms with Crippen LogP contribution >= 0.6 is 0 Å². The van der Waals surface area contributed by atoms with E-state index in [1.165, 1.54) is 16.9 Å². The van der Waals surface area contributed by atoms with Crippen LogP contribution in [-0.4, -0.2) is 51.2 Å². The highest BCUT2D eigenvalue weighted by atomic mass is 16.6. The molecule has 1 aromatic heterocycles. The summed E-state index contributed by atoms with van der Waals surface area (Å²) in [6.45, 7) is 4.14. The molecular formula is C10H15N5O3. The summed E-state index contributed by atoms with van der Waals surface area (Å²) in [4.78, 5) is 23.6. The van der Waals surface area contributed by atoms with Gasteiger partial charge >= 0.3 is 5.82 Å². The molecule has 1 amide bonds. The molecular weight excluding hydrogens is 238 g/mol. The van der Waals surface area contributed by atoms with E-state index in [1.54, 1.807) is 4.90 Å². The Morgan fingerprint density at radius 3 is 3.11 bits per heavy atom. The first-order valence-electron chi connectivity index (χ1n) is 5.75. The van der Waals surface area contributed by atoms with E-state index in [0.29, 0.717) is 13.1 Å². The first-order valence-corrected chi connectivity index (χ1v) is 5.75. The van der Waals surface area contributed by atoms with Gasteiger partial charge in [-0.05, 0) is 11.8 Å². The van der Waals surface area contributed by atoms with Crippen molar-refractivity contribution in [2.75, 3.05) is 19.6 Å². The molecule has 1 aliphatic rings. The number of hydrogen-bond acceptors (Lipinski definition) is 5. The summed E-state index contributed by atoms with van der Waals surface area (Å²) in [6.07, 6.45) is 1.45. The minimum Gasteiger partial charge on any atom is -0.358 e. The number of piperazine rings is 1. The van der Waals surface area contributed by atoms with Gasteiger partial charge in [-0.15, -0.1) is 0 Å². The van der Waals surface area contributed by atoms with Crippen molar-refractivity contribution in [3.63, 3.8) is 0 Å². The number of carbonyl (C=O) groups is 1. The lowest BCUT2D eigenvalue weighted by atomic mass is 10.2. The summed E-state index contributed by atoms with van der Waals surface area (Å²) in [5, 5.41) is 17.4. The van der Waals surface area contributed by atoms with E-state index in [1.807, 2.05) is 6.92 Å². The van der Waals surface area contributed by atoms with Gasteiger partial charge in [-0.25, -0.2) is 0 Å². The van der Waals surface area contributed by atoms with Gasteiger partial charge in [0.15, 0.2) is 0 Å². The standard InChI is InChI=1S/C10H15N5O3/c1-8-6-13(5-3-11-8)10(16)7-14-4-2-9(12-14)15(17)18/h2,4,8,11H,3,5-7H2,1H3. The smallest absolute Gasteiger partial charge is 0.358 e. The molecule has 2 heterocycles. The summed E-state index contributed by atoms with van der Waals surface area (Å²) in [5.74, 6) is -0.308. The van der Waals surface area contributed by atoms with E-state index in [0.717, 1.165) is 6.54 Å². The zero-order valence-corrected chi connectivity index (χ0v) is 10.1. The fourth-order valence-corrected chi connectivity index (χ4v) is 1.93. The van der Waals surface area contributed by atoms with E-state index in [9.17, 15) is 14.9 Å². The van der Waals surface area contributed by atoms with Gasteiger partial charge in [-0.2, -0.15) is 4.68 Å². The van der Waals surface area contributed by atoms with Crippen molar-refractivity contribution in [2.24, 2.45) is 0 Å². The molecule has 0 aliphatic carbocycles. The summed E-state index contributed by atoms with van der Waals surface area (Å²) in [6, 6.07) is 1.56. The lowest BCUT2D eigenvalue weighted by Crippen LogP contribution is -2.52. The average molecular weight is 253 g/mol. The van der Waals surface area contributed by atoms with Crippen LogP contribution < -0.4 is 5.32 Å². The quantitative estimate of drug-likeness (QED) is 0.585. The van der Waals surface area contributed by atoms with Gasteiger partial charge in [-0.3, -0.25) is 4.79 Å². The van der Waals surface area contributed by atoms with Crippen molar-refractivity contribution in [1.29, 1.82) is 0 Å².